The number of ether oxygens (including phenoxy) is 1. The van der Waals surface area contributed by atoms with Crippen LogP contribution in [0.3, 0.4) is 0 Å². The summed E-state index contributed by atoms with van der Waals surface area (Å²) in [6, 6.07) is 0. The molecule has 2 heteroatoms. The second-order valence-corrected chi connectivity index (χ2v) is 2.03. The van der Waals surface area contributed by atoms with Gasteiger partial charge in [-0.05, 0) is 19.8 Å². The molecule has 0 aromatic heterocycles. The van der Waals surface area contributed by atoms with Gasteiger partial charge in [-0.2, -0.15) is 0 Å². The summed E-state index contributed by atoms with van der Waals surface area (Å²) in [5.41, 5.74) is 0. The fourth-order valence-corrected chi connectivity index (χ4v) is 0.658. The quantitative estimate of drug-likeness (QED) is 0.508. The predicted octanol–water partition coefficient (Wildman–Crippen LogP) is 0.916. The molecule has 0 spiro atoms. The van der Waals surface area contributed by atoms with Crippen LogP contribution >= 0.6 is 0 Å². The Morgan fingerprint density at radius 2 is 2.38 bits per heavy atom. The van der Waals surface area contributed by atoms with E-state index in [4.69, 9.17) is 0 Å². The molecule has 1 fully saturated rings. The van der Waals surface area contributed by atoms with Gasteiger partial charge in [0.2, 0.25) is 0 Å². The molecule has 0 saturated heterocycles. The van der Waals surface area contributed by atoms with Gasteiger partial charge >= 0.3 is 0 Å². The number of carbonyl (C=O) groups excluding carboxylic acids is 1. The normalized spacial score (nSPS) is 22.1. The molecule has 2 nitrogen and oxygen atoms in total. The standard InChI is InChI=1S/C6H9O2/c1-5(8-4-7)6-2-3-6/h4-5H,2-3H2,1H3. The molecular formula is C6H9O2. The Kier molecular flexibility index (Phi) is 1.51. The molecule has 8 heavy (non-hydrogen) atoms. The molecule has 1 unspecified atom stereocenters. The van der Waals surface area contributed by atoms with Crippen LogP contribution in [-0.2, 0) is 9.53 Å². The van der Waals surface area contributed by atoms with Crippen LogP contribution in [0.2, 0.25) is 0 Å². The lowest BCUT2D eigenvalue weighted by molar-refractivity contribution is -0.131. The van der Waals surface area contributed by atoms with E-state index in [-0.39, 0.29) is 6.10 Å². The number of hydrogen-bond acceptors (Lipinski definition) is 2. The molecule has 1 aliphatic rings. The summed E-state index contributed by atoms with van der Waals surface area (Å²) in [6.45, 7) is 2.41. The largest absolute Gasteiger partial charge is 0.464 e. The van der Waals surface area contributed by atoms with Crippen molar-refractivity contribution in [1.82, 2.24) is 0 Å². The second kappa shape index (κ2) is 2.16. The Hall–Kier alpha value is -0.530. The minimum absolute atomic E-state index is 0.0764. The van der Waals surface area contributed by atoms with Gasteiger partial charge in [0.15, 0.2) is 0 Å². The zero-order valence-corrected chi connectivity index (χ0v) is 4.89. The highest BCUT2D eigenvalue weighted by atomic mass is 16.5. The Bertz CT molecular complexity index is 86.5. The minimum Gasteiger partial charge on any atom is -0.464 e. The van der Waals surface area contributed by atoms with Crippen molar-refractivity contribution in [2.45, 2.75) is 25.9 Å². The zero-order chi connectivity index (χ0) is 5.98. The van der Waals surface area contributed by atoms with Crippen molar-refractivity contribution >= 4 is 6.47 Å². The molecular weight excluding hydrogens is 104 g/mol. The van der Waals surface area contributed by atoms with Crippen molar-refractivity contribution in [3.8, 4) is 0 Å². The first-order valence-corrected chi connectivity index (χ1v) is 2.78. The molecule has 0 aromatic rings. The van der Waals surface area contributed by atoms with Gasteiger partial charge in [-0.15, -0.1) is 0 Å². The smallest absolute Gasteiger partial charge is 0.293 e. The molecule has 0 amide bonds. The lowest BCUT2D eigenvalue weighted by atomic mass is 10.3. The third kappa shape index (κ3) is 1.22. The van der Waals surface area contributed by atoms with Crippen LogP contribution in [0.1, 0.15) is 19.8 Å². The number of hydrogen-bond donors (Lipinski definition) is 0. The highest BCUT2D eigenvalue weighted by Gasteiger charge is 2.29. The highest BCUT2D eigenvalue weighted by molar-refractivity contribution is 5.38. The molecule has 1 atom stereocenters. The lowest BCUT2D eigenvalue weighted by Crippen LogP contribution is -2.06. The van der Waals surface area contributed by atoms with Crippen LogP contribution in [-0.4, -0.2) is 12.6 Å². The summed E-state index contributed by atoms with van der Waals surface area (Å²) in [5, 5.41) is 0. The Morgan fingerprint density at radius 1 is 1.75 bits per heavy atom. The van der Waals surface area contributed by atoms with E-state index in [1.54, 1.807) is 0 Å². The van der Waals surface area contributed by atoms with E-state index >= 15 is 0 Å². The summed E-state index contributed by atoms with van der Waals surface area (Å²) in [7, 11) is 0. The van der Waals surface area contributed by atoms with Crippen LogP contribution in [0, 0.1) is 5.92 Å². The first-order valence-electron chi connectivity index (χ1n) is 2.78. The minimum atomic E-state index is 0.0764. The molecule has 1 radical (unpaired) electrons. The van der Waals surface area contributed by atoms with E-state index in [1.165, 1.54) is 5.92 Å². The van der Waals surface area contributed by atoms with Crippen LogP contribution in [0.25, 0.3) is 0 Å². The van der Waals surface area contributed by atoms with Crippen LogP contribution < -0.4 is 0 Å². The van der Waals surface area contributed by atoms with Crippen molar-refractivity contribution in [3.63, 3.8) is 0 Å². The maximum Gasteiger partial charge on any atom is 0.293 e. The average molecular weight is 113 g/mol. The van der Waals surface area contributed by atoms with E-state index in [0.29, 0.717) is 6.47 Å². The molecule has 1 aliphatic carbocycles. The zero-order valence-electron chi connectivity index (χ0n) is 4.89. The van der Waals surface area contributed by atoms with Gasteiger partial charge in [-0.1, -0.05) is 0 Å². The van der Waals surface area contributed by atoms with Crippen molar-refractivity contribution in [1.29, 1.82) is 0 Å². The SMILES string of the molecule is CC(OC=O)[C]1CC1. The molecule has 0 aromatic carbocycles. The van der Waals surface area contributed by atoms with Crippen LogP contribution in [0.4, 0.5) is 0 Å². The first-order chi connectivity index (χ1) is 3.84. The molecule has 1 saturated carbocycles. The maximum atomic E-state index is 9.71. The third-order valence-electron chi connectivity index (χ3n) is 1.37. The summed E-state index contributed by atoms with van der Waals surface area (Å²) in [6.07, 6.45) is 2.37. The predicted molar refractivity (Wildman–Crippen MR) is 29.1 cm³/mol. The number of rotatable bonds is 3. The monoisotopic (exact) mass is 113 g/mol. The Balaban J connectivity index is 2.12. The summed E-state index contributed by atoms with van der Waals surface area (Å²) < 4.78 is 4.65. The van der Waals surface area contributed by atoms with Gasteiger partial charge < -0.3 is 4.74 Å². The van der Waals surface area contributed by atoms with Crippen molar-refractivity contribution in [2.24, 2.45) is 0 Å². The van der Waals surface area contributed by atoms with Crippen LogP contribution in [0.15, 0.2) is 0 Å². The van der Waals surface area contributed by atoms with Gasteiger partial charge in [0.1, 0.15) is 6.10 Å². The van der Waals surface area contributed by atoms with E-state index in [1.807, 2.05) is 6.92 Å². The molecule has 1 rings (SSSR count). The second-order valence-electron chi connectivity index (χ2n) is 2.03. The van der Waals surface area contributed by atoms with Crippen molar-refractivity contribution < 1.29 is 9.53 Å². The van der Waals surface area contributed by atoms with Crippen LogP contribution in [0.5, 0.6) is 0 Å². The topological polar surface area (TPSA) is 26.3 Å². The van der Waals surface area contributed by atoms with Crippen molar-refractivity contribution in [2.75, 3.05) is 0 Å². The molecule has 0 aliphatic heterocycles. The van der Waals surface area contributed by atoms with E-state index in [0.717, 1.165) is 12.8 Å². The molecule has 0 N–H and O–H groups in total. The fraction of sp³-hybridized carbons (Fsp3) is 0.667. The molecule has 45 valence electrons. The molecule has 0 bridgehead atoms. The van der Waals surface area contributed by atoms with E-state index in [2.05, 4.69) is 4.74 Å². The lowest BCUT2D eigenvalue weighted by Gasteiger charge is -2.04. The van der Waals surface area contributed by atoms with Gasteiger partial charge in [-0.25, -0.2) is 0 Å². The molecule has 0 heterocycles. The van der Waals surface area contributed by atoms with Gasteiger partial charge in [0.05, 0.1) is 0 Å². The van der Waals surface area contributed by atoms with E-state index in [9.17, 15) is 4.79 Å². The summed E-state index contributed by atoms with van der Waals surface area (Å²) in [5.74, 6) is 1.36. The Labute approximate surface area is 48.8 Å². The summed E-state index contributed by atoms with van der Waals surface area (Å²) >= 11 is 0. The third-order valence-corrected chi connectivity index (χ3v) is 1.37. The van der Waals surface area contributed by atoms with E-state index < -0.39 is 0 Å². The number of carbonyl (C=O) groups is 1. The Morgan fingerprint density at radius 3 is 2.75 bits per heavy atom. The van der Waals surface area contributed by atoms with Gasteiger partial charge in [-0.3, -0.25) is 4.79 Å². The average Bonchev–Trinajstić information content (AvgIpc) is 2.45. The maximum absolute atomic E-state index is 9.71. The van der Waals surface area contributed by atoms with Gasteiger partial charge in [0, 0.05) is 5.92 Å². The summed E-state index contributed by atoms with van der Waals surface area (Å²) in [4.78, 5) is 9.71. The highest BCUT2D eigenvalue weighted by Crippen LogP contribution is 2.36. The first kappa shape index (κ1) is 5.60. The fourth-order valence-electron chi connectivity index (χ4n) is 0.658. The van der Waals surface area contributed by atoms with Gasteiger partial charge in [0.25, 0.3) is 6.47 Å². The van der Waals surface area contributed by atoms with Crippen molar-refractivity contribution in [3.05, 3.63) is 5.92 Å².